The molecule has 2 aromatic rings. The molecule has 1 heterocycles. The largest absolute Gasteiger partial charge is 0.503 e. The zero-order chi connectivity index (χ0) is 23.1. The molecule has 0 radical (unpaired) electrons. The van der Waals surface area contributed by atoms with Crippen LogP contribution in [0.1, 0.15) is 30.5 Å². The van der Waals surface area contributed by atoms with Crippen LogP contribution in [0.25, 0.3) is 6.08 Å². The summed E-state index contributed by atoms with van der Waals surface area (Å²) < 4.78 is 5.62. The number of ketones is 1. The lowest BCUT2D eigenvalue weighted by atomic mass is 9.95. The molecule has 0 bridgehead atoms. The van der Waals surface area contributed by atoms with Crippen molar-refractivity contribution in [2.24, 2.45) is 0 Å². The summed E-state index contributed by atoms with van der Waals surface area (Å²) >= 11 is 0. The maximum absolute atomic E-state index is 13.2. The van der Waals surface area contributed by atoms with Crippen molar-refractivity contribution in [1.82, 2.24) is 9.80 Å². The normalized spacial score (nSPS) is 16.4. The number of benzene rings is 2. The fourth-order valence-corrected chi connectivity index (χ4v) is 3.81. The molecule has 1 N–H and O–H groups in total. The number of carbonyl (C=O) groups excluding carboxylic acids is 2. The van der Waals surface area contributed by atoms with Crippen LogP contribution < -0.4 is 4.74 Å². The standard InChI is InChI=1S/C26H30N2O4/c1-4-32-21-13-8-12-20(18-21)24-23(22(29)15-14-19-10-6-5-7-11-19)25(30)26(31)28(24)17-9-16-27(2)3/h5-8,10-15,18,24,30H,4,9,16-17H2,1-3H3. The molecule has 0 fully saturated rings. The second-order valence-corrected chi connectivity index (χ2v) is 7.93. The van der Waals surface area contributed by atoms with Crippen molar-refractivity contribution < 1.29 is 19.4 Å². The Kier molecular flexibility index (Phi) is 7.84. The molecule has 1 aliphatic heterocycles. The molecule has 0 aromatic heterocycles. The number of hydrogen-bond donors (Lipinski definition) is 1. The van der Waals surface area contributed by atoms with E-state index in [4.69, 9.17) is 4.74 Å². The molecule has 6 nitrogen and oxygen atoms in total. The SMILES string of the molecule is CCOc1cccc(C2C(C(=O)C=Cc3ccccc3)=C(O)C(=O)N2CCCN(C)C)c1. The van der Waals surface area contributed by atoms with Crippen LogP contribution in [0.4, 0.5) is 0 Å². The van der Waals surface area contributed by atoms with Gasteiger partial charge in [-0.2, -0.15) is 0 Å². The molecular formula is C26H30N2O4. The van der Waals surface area contributed by atoms with Crippen LogP contribution in [-0.4, -0.2) is 60.4 Å². The Morgan fingerprint density at radius 1 is 1.16 bits per heavy atom. The van der Waals surface area contributed by atoms with E-state index in [0.29, 0.717) is 18.9 Å². The Labute approximate surface area is 189 Å². The number of aliphatic hydroxyl groups excluding tert-OH is 1. The van der Waals surface area contributed by atoms with E-state index >= 15 is 0 Å². The lowest BCUT2D eigenvalue weighted by molar-refractivity contribution is -0.129. The minimum atomic E-state index is -0.669. The summed E-state index contributed by atoms with van der Waals surface area (Å²) in [5.41, 5.74) is 1.69. The molecule has 2 aromatic carbocycles. The van der Waals surface area contributed by atoms with Crippen LogP contribution in [0.5, 0.6) is 5.75 Å². The molecule has 0 aliphatic carbocycles. The van der Waals surface area contributed by atoms with Crippen molar-refractivity contribution in [2.45, 2.75) is 19.4 Å². The van der Waals surface area contributed by atoms with Crippen LogP contribution >= 0.6 is 0 Å². The summed E-state index contributed by atoms with van der Waals surface area (Å²) in [5, 5.41) is 10.7. The first-order valence-corrected chi connectivity index (χ1v) is 10.8. The van der Waals surface area contributed by atoms with Gasteiger partial charge in [-0.3, -0.25) is 9.59 Å². The minimum Gasteiger partial charge on any atom is -0.503 e. The molecule has 0 saturated heterocycles. The van der Waals surface area contributed by atoms with Crippen molar-refractivity contribution in [1.29, 1.82) is 0 Å². The van der Waals surface area contributed by atoms with Crippen molar-refractivity contribution in [2.75, 3.05) is 33.8 Å². The van der Waals surface area contributed by atoms with Crippen molar-refractivity contribution in [3.63, 3.8) is 0 Å². The van der Waals surface area contributed by atoms with Crippen LogP contribution in [0.2, 0.25) is 0 Å². The summed E-state index contributed by atoms with van der Waals surface area (Å²) in [6.45, 7) is 3.61. The fraction of sp³-hybridized carbons (Fsp3) is 0.308. The van der Waals surface area contributed by atoms with Gasteiger partial charge in [0, 0.05) is 6.54 Å². The first-order chi connectivity index (χ1) is 15.4. The first-order valence-electron chi connectivity index (χ1n) is 10.8. The van der Waals surface area contributed by atoms with Gasteiger partial charge in [0.25, 0.3) is 5.91 Å². The molecule has 3 rings (SSSR count). The van der Waals surface area contributed by atoms with Gasteiger partial charge in [0.1, 0.15) is 5.75 Å². The monoisotopic (exact) mass is 434 g/mol. The zero-order valence-corrected chi connectivity index (χ0v) is 18.8. The highest BCUT2D eigenvalue weighted by Crippen LogP contribution is 2.39. The van der Waals surface area contributed by atoms with E-state index in [2.05, 4.69) is 0 Å². The summed E-state index contributed by atoms with van der Waals surface area (Å²) in [7, 11) is 3.93. The minimum absolute atomic E-state index is 0.0979. The zero-order valence-electron chi connectivity index (χ0n) is 18.8. The maximum Gasteiger partial charge on any atom is 0.290 e. The second kappa shape index (κ2) is 10.8. The summed E-state index contributed by atoms with van der Waals surface area (Å²) in [5.74, 6) is -0.734. The van der Waals surface area contributed by atoms with E-state index in [-0.39, 0.29) is 11.4 Å². The predicted molar refractivity (Wildman–Crippen MR) is 125 cm³/mol. The van der Waals surface area contributed by atoms with E-state index in [1.54, 1.807) is 11.0 Å². The highest BCUT2D eigenvalue weighted by atomic mass is 16.5. The Hall–Kier alpha value is -3.38. The third kappa shape index (κ3) is 5.45. The number of ether oxygens (including phenoxy) is 1. The number of aliphatic hydroxyl groups is 1. The van der Waals surface area contributed by atoms with Gasteiger partial charge >= 0.3 is 0 Å². The number of amides is 1. The van der Waals surface area contributed by atoms with Gasteiger partial charge in [-0.05, 0) is 63.3 Å². The molecule has 0 saturated carbocycles. The summed E-state index contributed by atoms with van der Waals surface area (Å²) in [6, 6.07) is 16.1. The number of allylic oxidation sites excluding steroid dienone is 1. The van der Waals surface area contributed by atoms with Gasteiger partial charge in [-0.25, -0.2) is 0 Å². The molecule has 32 heavy (non-hydrogen) atoms. The molecule has 1 aliphatic rings. The Morgan fingerprint density at radius 3 is 2.59 bits per heavy atom. The third-order valence-electron chi connectivity index (χ3n) is 5.29. The van der Waals surface area contributed by atoms with Gasteiger partial charge < -0.3 is 19.6 Å². The van der Waals surface area contributed by atoms with E-state index in [1.165, 1.54) is 6.08 Å². The van der Waals surface area contributed by atoms with Gasteiger partial charge in [-0.15, -0.1) is 0 Å². The highest BCUT2D eigenvalue weighted by Gasteiger charge is 2.42. The second-order valence-electron chi connectivity index (χ2n) is 7.93. The van der Waals surface area contributed by atoms with Crippen molar-refractivity contribution in [3.8, 4) is 5.75 Å². The average molecular weight is 435 g/mol. The average Bonchev–Trinajstić information content (AvgIpc) is 3.03. The van der Waals surface area contributed by atoms with E-state index in [1.807, 2.05) is 80.5 Å². The van der Waals surface area contributed by atoms with Gasteiger partial charge in [0.2, 0.25) is 0 Å². The van der Waals surface area contributed by atoms with E-state index < -0.39 is 17.7 Å². The molecule has 1 amide bonds. The molecule has 6 heteroatoms. The van der Waals surface area contributed by atoms with Crippen LogP contribution in [0.15, 0.2) is 72.0 Å². The smallest absolute Gasteiger partial charge is 0.290 e. The first kappa shape index (κ1) is 23.3. The summed E-state index contributed by atoms with van der Waals surface area (Å²) in [4.78, 5) is 29.7. The van der Waals surface area contributed by atoms with Gasteiger partial charge in [0.05, 0.1) is 18.2 Å². The Bertz CT molecular complexity index is 1010. The molecular weight excluding hydrogens is 404 g/mol. The Morgan fingerprint density at radius 2 is 1.91 bits per heavy atom. The molecule has 1 atom stereocenters. The molecule has 0 spiro atoms. The fourth-order valence-electron chi connectivity index (χ4n) is 3.81. The quantitative estimate of drug-likeness (QED) is 0.572. The molecule has 168 valence electrons. The highest BCUT2D eigenvalue weighted by molar-refractivity contribution is 6.14. The van der Waals surface area contributed by atoms with Crippen LogP contribution in [0, 0.1) is 0 Å². The Balaban J connectivity index is 1.96. The number of rotatable bonds is 10. The predicted octanol–water partition coefficient (Wildman–Crippen LogP) is 4.01. The topological polar surface area (TPSA) is 70.1 Å². The van der Waals surface area contributed by atoms with Gasteiger partial charge in [0.15, 0.2) is 11.5 Å². The number of nitrogens with zero attached hydrogens (tertiary/aromatic N) is 2. The number of carbonyl (C=O) groups is 2. The summed E-state index contributed by atoms with van der Waals surface area (Å²) in [6.07, 6.45) is 3.82. The van der Waals surface area contributed by atoms with Gasteiger partial charge in [-0.1, -0.05) is 48.5 Å². The lowest BCUT2D eigenvalue weighted by Gasteiger charge is -2.27. The van der Waals surface area contributed by atoms with Crippen LogP contribution in [0.3, 0.4) is 0 Å². The van der Waals surface area contributed by atoms with E-state index in [0.717, 1.165) is 24.1 Å². The van der Waals surface area contributed by atoms with Crippen LogP contribution in [-0.2, 0) is 9.59 Å². The third-order valence-corrected chi connectivity index (χ3v) is 5.29. The molecule has 1 unspecified atom stereocenters. The van der Waals surface area contributed by atoms with E-state index in [9.17, 15) is 14.7 Å². The lowest BCUT2D eigenvalue weighted by Crippen LogP contribution is -2.33. The van der Waals surface area contributed by atoms with Crippen molar-refractivity contribution >= 4 is 17.8 Å². The maximum atomic E-state index is 13.2. The van der Waals surface area contributed by atoms with Crippen molar-refractivity contribution in [3.05, 3.63) is 83.1 Å². The number of hydrogen-bond acceptors (Lipinski definition) is 5.